The number of nitrogens with one attached hydrogen (secondary N) is 2. The molecule has 0 radical (unpaired) electrons. The van der Waals surface area contributed by atoms with Gasteiger partial charge < -0.3 is 25.4 Å². The molecule has 0 bridgehead atoms. The lowest BCUT2D eigenvalue weighted by atomic mass is 9.87. The number of fused-ring (bicyclic) bond motifs is 1. The van der Waals surface area contributed by atoms with Gasteiger partial charge in [-0.05, 0) is 82.7 Å². The van der Waals surface area contributed by atoms with Crippen molar-refractivity contribution >= 4 is 29.3 Å². The molecule has 0 saturated heterocycles. The number of carboxylic acid groups (broad SMARTS) is 1. The molecule has 0 unspecified atom stereocenters. The van der Waals surface area contributed by atoms with E-state index in [1.807, 2.05) is 4.90 Å². The summed E-state index contributed by atoms with van der Waals surface area (Å²) in [5, 5.41) is 16.2. The zero-order valence-electron chi connectivity index (χ0n) is 23.6. The lowest BCUT2D eigenvalue weighted by Crippen LogP contribution is -2.50. The first kappa shape index (κ1) is 31.7. The maximum atomic E-state index is 13.5. The fourth-order valence-electron chi connectivity index (χ4n) is 4.78. The standard InChI is InChI=1S/C29H41ClFN5O4/c1-29(2,25-23(30)10-7-14-32-25)28(39)35-24(27(37)38)13-17-36(19-22(18-31)40-3)16-5-4-9-21-12-11-20-8-6-15-33-26(20)34-21/h7,10-12,14,22,24H,4-6,8-9,13,15-19H2,1-3H3,(H,33,34)(H,35,39)(H,37,38)/t22-,24+/m1/s1. The molecule has 0 aromatic carbocycles. The number of hydrogen-bond acceptors (Lipinski definition) is 7. The van der Waals surface area contributed by atoms with Crippen molar-refractivity contribution in [2.75, 3.05) is 45.3 Å². The van der Waals surface area contributed by atoms with E-state index in [1.165, 1.54) is 12.7 Å². The second kappa shape index (κ2) is 15.3. The molecule has 2 aromatic heterocycles. The molecule has 3 heterocycles. The zero-order chi connectivity index (χ0) is 29.1. The summed E-state index contributed by atoms with van der Waals surface area (Å²) in [6, 6.07) is 6.40. The summed E-state index contributed by atoms with van der Waals surface area (Å²) in [5.74, 6) is -0.652. The number of aromatic nitrogens is 2. The van der Waals surface area contributed by atoms with Gasteiger partial charge in [0.15, 0.2) is 0 Å². The van der Waals surface area contributed by atoms with E-state index in [-0.39, 0.29) is 6.42 Å². The van der Waals surface area contributed by atoms with E-state index in [0.717, 1.165) is 50.2 Å². The Hall–Kier alpha value is -2.82. The fraction of sp³-hybridized carbons (Fsp3) is 0.586. The number of anilines is 1. The maximum Gasteiger partial charge on any atom is 0.326 e. The molecule has 1 amide bonds. The molecule has 0 aliphatic carbocycles. The zero-order valence-corrected chi connectivity index (χ0v) is 24.3. The average molecular weight is 578 g/mol. The molecule has 1 aliphatic rings. The van der Waals surface area contributed by atoms with Crippen LogP contribution in [-0.4, -0.2) is 84.0 Å². The van der Waals surface area contributed by atoms with E-state index in [2.05, 4.69) is 27.8 Å². The van der Waals surface area contributed by atoms with Crippen LogP contribution in [0.25, 0.3) is 0 Å². The van der Waals surface area contributed by atoms with E-state index < -0.39 is 36.1 Å². The number of pyridine rings is 2. The Labute approximate surface area is 240 Å². The van der Waals surface area contributed by atoms with Crippen LogP contribution in [0, 0.1) is 0 Å². The summed E-state index contributed by atoms with van der Waals surface area (Å²) in [5.41, 5.74) is 1.52. The number of amides is 1. The van der Waals surface area contributed by atoms with E-state index in [9.17, 15) is 19.1 Å². The Kier molecular flexibility index (Phi) is 12.1. The first-order valence-corrected chi connectivity index (χ1v) is 14.2. The van der Waals surface area contributed by atoms with Gasteiger partial charge in [-0.2, -0.15) is 0 Å². The van der Waals surface area contributed by atoms with Gasteiger partial charge in [-0.1, -0.05) is 17.7 Å². The second-order valence-corrected chi connectivity index (χ2v) is 11.1. The number of carboxylic acids is 1. The van der Waals surface area contributed by atoms with Gasteiger partial charge in [-0.25, -0.2) is 14.2 Å². The molecule has 2 aromatic rings. The molecule has 0 saturated carbocycles. The number of rotatable bonds is 16. The topological polar surface area (TPSA) is 117 Å². The number of halogens is 2. The Bertz CT molecular complexity index is 1130. The highest BCUT2D eigenvalue weighted by Gasteiger charge is 2.36. The van der Waals surface area contributed by atoms with E-state index in [0.29, 0.717) is 30.4 Å². The quantitative estimate of drug-likeness (QED) is 0.256. The molecule has 9 nitrogen and oxygen atoms in total. The molecule has 11 heteroatoms. The summed E-state index contributed by atoms with van der Waals surface area (Å²) in [6.07, 6.45) is 5.76. The summed E-state index contributed by atoms with van der Waals surface area (Å²) in [4.78, 5) is 36.1. The molecule has 2 atom stereocenters. The normalized spacial score (nSPS) is 14.8. The first-order valence-electron chi connectivity index (χ1n) is 13.8. The Balaban J connectivity index is 1.57. The predicted octanol–water partition coefficient (Wildman–Crippen LogP) is 4.03. The van der Waals surface area contributed by atoms with Crippen molar-refractivity contribution in [3.63, 3.8) is 0 Å². The van der Waals surface area contributed by atoms with Crippen molar-refractivity contribution in [3.8, 4) is 0 Å². The third-order valence-corrected chi connectivity index (χ3v) is 7.64. The molecule has 220 valence electrons. The van der Waals surface area contributed by atoms with Crippen LogP contribution in [0.3, 0.4) is 0 Å². The maximum absolute atomic E-state index is 13.5. The third kappa shape index (κ3) is 8.84. The van der Waals surface area contributed by atoms with Gasteiger partial charge in [0, 0.05) is 38.6 Å². The van der Waals surface area contributed by atoms with Gasteiger partial charge in [-0.3, -0.25) is 9.78 Å². The number of alkyl halides is 1. The van der Waals surface area contributed by atoms with Crippen LogP contribution in [-0.2, 0) is 32.6 Å². The van der Waals surface area contributed by atoms with Crippen LogP contribution in [0.2, 0.25) is 5.02 Å². The number of nitrogens with zero attached hydrogens (tertiary/aromatic N) is 3. The second-order valence-electron chi connectivity index (χ2n) is 10.7. The van der Waals surface area contributed by atoms with Crippen LogP contribution in [0.1, 0.15) is 56.5 Å². The van der Waals surface area contributed by atoms with Crippen molar-refractivity contribution in [2.24, 2.45) is 0 Å². The fourth-order valence-corrected chi connectivity index (χ4v) is 5.14. The van der Waals surface area contributed by atoms with E-state index in [1.54, 1.807) is 32.2 Å². The van der Waals surface area contributed by atoms with Crippen LogP contribution in [0.15, 0.2) is 30.5 Å². The number of carbonyl (C=O) groups is 2. The molecule has 40 heavy (non-hydrogen) atoms. The van der Waals surface area contributed by atoms with Crippen LogP contribution < -0.4 is 10.6 Å². The van der Waals surface area contributed by atoms with Gasteiger partial charge >= 0.3 is 5.97 Å². The molecule has 0 fully saturated rings. The summed E-state index contributed by atoms with van der Waals surface area (Å²) in [7, 11) is 1.46. The van der Waals surface area contributed by atoms with Crippen LogP contribution >= 0.6 is 11.6 Å². The number of ether oxygens (including phenoxy) is 1. The number of hydrogen-bond donors (Lipinski definition) is 3. The van der Waals surface area contributed by atoms with Gasteiger partial charge in [0.1, 0.15) is 18.5 Å². The summed E-state index contributed by atoms with van der Waals surface area (Å²) < 4.78 is 18.7. The number of methoxy groups -OCH3 is 1. The summed E-state index contributed by atoms with van der Waals surface area (Å²) in [6.45, 7) is 4.92. The summed E-state index contributed by atoms with van der Waals surface area (Å²) >= 11 is 6.25. The Morgan fingerprint density at radius 1 is 1.27 bits per heavy atom. The first-order chi connectivity index (χ1) is 19.1. The Morgan fingerprint density at radius 2 is 2.08 bits per heavy atom. The minimum absolute atomic E-state index is 0.147. The molecule has 3 N–H and O–H groups in total. The van der Waals surface area contributed by atoms with Gasteiger partial charge in [0.2, 0.25) is 5.91 Å². The lowest BCUT2D eigenvalue weighted by Gasteiger charge is -2.29. The molecule has 1 aliphatic heterocycles. The van der Waals surface area contributed by atoms with E-state index >= 15 is 0 Å². The highest BCUT2D eigenvalue weighted by molar-refractivity contribution is 6.31. The van der Waals surface area contributed by atoms with Crippen LogP contribution in [0.5, 0.6) is 0 Å². The van der Waals surface area contributed by atoms with Crippen molar-refractivity contribution < 1.29 is 23.8 Å². The third-order valence-electron chi connectivity index (χ3n) is 7.33. The van der Waals surface area contributed by atoms with Crippen molar-refractivity contribution in [1.29, 1.82) is 0 Å². The molecular weight excluding hydrogens is 537 g/mol. The predicted molar refractivity (Wildman–Crippen MR) is 154 cm³/mol. The highest BCUT2D eigenvalue weighted by Crippen LogP contribution is 2.28. The van der Waals surface area contributed by atoms with Gasteiger partial charge in [0.05, 0.1) is 22.2 Å². The number of aliphatic carboxylic acids is 1. The lowest BCUT2D eigenvalue weighted by molar-refractivity contribution is -0.143. The van der Waals surface area contributed by atoms with Crippen molar-refractivity contribution in [3.05, 3.63) is 52.4 Å². The number of carbonyl (C=O) groups excluding carboxylic acids is 1. The van der Waals surface area contributed by atoms with Crippen molar-refractivity contribution in [2.45, 2.75) is 69.9 Å². The van der Waals surface area contributed by atoms with E-state index in [4.69, 9.17) is 21.3 Å². The van der Waals surface area contributed by atoms with Crippen molar-refractivity contribution in [1.82, 2.24) is 20.2 Å². The SMILES string of the molecule is CO[C@H](CF)CN(CCCCc1ccc2c(n1)NCCC2)CC[C@H](NC(=O)C(C)(C)c1ncccc1Cl)C(=O)O. The monoisotopic (exact) mass is 577 g/mol. The number of aryl methyl sites for hydroxylation is 2. The van der Waals surface area contributed by atoms with Gasteiger partial charge in [-0.15, -0.1) is 0 Å². The largest absolute Gasteiger partial charge is 0.480 e. The van der Waals surface area contributed by atoms with Gasteiger partial charge in [0.25, 0.3) is 0 Å². The minimum atomic E-state index is -1.14. The molecule has 3 rings (SSSR count). The van der Waals surface area contributed by atoms with Crippen LogP contribution in [0.4, 0.5) is 10.2 Å². The Morgan fingerprint density at radius 3 is 2.77 bits per heavy atom. The number of unbranched alkanes of at least 4 members (excludes halogenated alkanes) is 1. The average Bonchev–Trinajstić information content (AvgIpc) is 2.95. The molecule has 0 spiro atoms. The minimum Gasteiger partial charge on any atom is -0.480 e. The highest BCUT2D eigenvalue weighted by atomic mass is 35.5. The smallest absolute Gasteiger partial charge is 0.326 e. The molecular formula is C29H41ClFN5O4.